The summed E-state index contributed by atoms with van der Waals surface area (Å²) in [5.41, 5.74) is 2.08. The molecule has 0 unspecified atom stereocenters. The predicted molar refractivity (Wildman–Crippen MR) is 109 cm³/mol. The lowest BCUT2D eigenvalue weighted by molar-refractivity contribution is 0.0603. The van der Waals surface area contributed by atoms with Gasteiger partial charge in [-0.05, 0) is 24.3 Å². The van der Waals surface area contributed by atoms with E-state index in [-0.39, 0.29) is 11.5 Å². The molecule has 6 nitrogen and oxygen atoms in total. The second-order valence-corrected chi connectivity index (χ2v) is 6.61. The monoisotopic (exact) mass is 397 g/mol. The average molecular weight is 397 g/mol. The number of amides is 1. The van der Waals surface area contributed by atoms with Crippen molar-refractivity contribution in [3.05, 3.63) is 65.0 Å². The number of thiophene rings is 1. The molecule has 1 N–H and O–H groups in total. The van der Waals surface area contributed by atoms with Crippen molar-refractivity contribution in [2.24, 2.45) is 0 Å². The largest absolute Gasteiger partial charge is 0.497 e. The zero-order valence-corrected chi connectivity index (χ0v) is 16.5. The summed E-state index contributed by atoms with van der Waals surface area (Å²) in [4.78, 5) is 25.0. The van der Waals surface area contributed by atoms with Crippen molar-refractivity contribution >= 4 is 28.2 Å². The molecule has 7 heteroatoms. The molecular formula is C21H19NO5S. The molecule has 1 amide bonds. The maximum Gasteiger partial charge on any atom is 0.341 e. The molecule has 0 spiro atoms. The van der Waals surface area contributed by atoms with Gasteiger partial charge in [-0.1, -0.05) is 18.2 Å². The highest BCUT2D eigenvalue weighted by atomic mass is 32.1. The SMILES string of the molecule is COC(=O)c1c(-c2ccc(OC)cc2OC)csc1NC(=O)c1ccccc1. The number of anilines is 1. The topological polar surface area (TPSA) is 73.9 Å². The number of nitrogens with one attached hydrogen (secondary N) is 1. The highest BCUT2D eigenvalue weighted by Gasteiger charge is 2.24. The van der Waals surface area contributed by atoms with Crippen molar-refractivity contribution in [1.29, 1.82) is 0 Å². The van der Waals surface area contributed by atoms with Gasteiger partial charge in [0.2, 0.25) is 0 Å². The van der Waals surface area contributed by atoms with Gasteiger partial charge in [-0.3, -0.25) is 4.79 Å². The van der Waals surface area contributed by atoms with E-state index in [4.69, 9.17) is 14.2 Å². The first kappa shape index (κ1) is 19.4. The lowest BCUT2D eigenvalue weighted by Gasteiger charge is -2.12. The molecule has 28 heavy (non-hydrogen) atoms. The molecule has 0 fully saturated rings. The van der Waals surface area contributed by atoms with Gasteiger partial charge in [0, 0.05) is 28.1 Å². The van der Waals surface area contributed by atoms with Gasteiger partial charge in [-0.15, -0.1) is 11.3 Å². The van der Waals surface area contributed by atoms with E-state index >= 15 is 0 Å². The second-order valence-electron chi connectivity index (χ2n) is 5.73. The summed E-state index contributed by atoms with van der Waals surface area (Å²) in [6, 6.07) is 14.1. The third-order valence-electron chi connectivity index (χ3n) is 4.14. The Bertz CT molecular complexity index is 997. The van der Waals surface area contributed by atoms with E-state index in [1.807, 2.05) is 6.07 Å². The number of ether oxygens (including phenoxy) is 3. The van der Waals surface area contributed by atoms with Gasteiger partial charge in [0.05, 0.1) is 21.3 Å². The molecular weight excluding hydrogens is 378 g/mol. The molecule has 0 atom stereocenters. The minimum absolute atomic E-state index is 0.278. The standard InChI is InChI=1S/C21H19NO5S/c1-25-14-9-10-15(17(11-14)26-2)16-12-28-20(18(16)21(24)27-3)22-19(23)13-7-5-4-6-8-13/h4-12H,1-3H3,(H,22,23). The number of methoxy groups -OCH3 is 3. The van der Waals surface area contributed by atoms with Crippen LogP contribution in [-0.4, -0.2) is 33.2 Å². The summed E-state index contributed by atoms with van der Waals surface area (Å²) in [5.74, 6) is 0.328. The third-order valence-corrected chi connectivity index (χ3v) is 5.04. The predicted octanol–water partition coefficient (Wildman–Crippen LogP) is 4.47. The van der Waals surface area contributed by atoms with Gasteiger partial charge >= 0.3 is 5.97 Å². The Morgan fingerprint density at radius 2 is 1.68 bits per heavy atom. The van der Waals surface area contributed by atoms with Gasteiger partial charge in [0.1, 0.15) is 22.1 Å². The fraction of sp³-hybridized carbons (Fsp3) is 0.143. The Morgan fingerprint density at radius 1 is 0.929 bits per heavy atom. The zero-order valence-electron chi connectivity index (χ0n) is 15.6. The molecule has 144 valence electrons. The number of hydrogen-bond donors (Lipinski definition) is 1. The van der Waals surface area contributed by atoms with Crippen LogP contribution in [0.2, 0.25) is 0 Å². The molecule has 3 aromatic rings. The van der Waals surface area contributed by atoms with Crippen molar-refractivity contribution in [2.45, 2.75) is 0 Å². The molecule has 1 aromatic heterocycles. The summed E-state index contributed by atoms with van der Waals surface area (Å²) in [6.45, 7) is 0. The molecule has 0 aliphatic carbocycles. The number of hydrogen-bond acceptors (Lipinski definition) is 6. The van der Waals surface area contributed by atoms with Gasteiger partial charge in [-0.25, -0.2) is 4.79 Å². The Labute approximate surface area is 166 Å². The molecule has 0 saturated heterocycles. The molecule has 0 radical (unpaired) electrons. The minimum Gasteiger partial charge on any atom is -0.497 e. The maximum atomic E-state index is 12.5. The van der Waals surface area contributed by atoms with Crippen LogP contribution in [0, 0.1) is 0 Å². The second kappa shape index (κ2) is 8.58. The number of benzene rings is 2. The fourth-order valence-electron chi connectivity index (χ4n) is 2.74. The minimum atomic E-state index is -0.544. The molecule has 0 saturated carbocycles. The number of carbonyl (C=O) groups is 2. The first-order valence-electron chi connectivity index (χ1n) is 8.37. The van der Waals surface area contributed by atoms with E-state index in [1.165, 1.54) is 18.4 Å². The van der Waals surface area contributed by atoms with Crippen molar-refractivity contribution in [1.82, 2.24) is 0 Å². The Morgan fingerprint density at radius 3 is 2.32 bits per heavy atom. The summed E-state index contributed by atoms with van der Waals surface area (Å²) in [6.07, 6.45) is 0. The summed E-state index contributed by atoms with van der Waals surface area (Å²) >= 11 is 1.25. The van der Waals surface area contributed by atoms with Crippen molar-refractivity contribution in [3.8, 4) is 22.6 Å². The van der Waals surface area contributed by atoms with E-state index in [9.17, 15) is 9.59 Å². The normalized spacial score (nSPS) is 10.2. The molecule has 0 aliphatic heterocycles. The van der Waals surface area contributed by atoms with E-state index < -0.39 is 5.97 Å². The van der Waals surface area contributed by atoms with Crippen molar-refractivity contribution in [3.63, 3.8) is 0 Å². The Kier molecular flexibility index (Phi) is 5.96. The third kappa shape index (κ3) is 3.84. The molecule has 0 bridgehead atoms. The zero-order chi connectivity index (χ0) is 20.1. The Balaban J connectivity index is 2.05. The van der Waals surface area contributed by atoms with E-state index in [1.54, 1.807) is 62.1 Å². The first-order chi connectivity index (χ1) is 13.6. The maximum absolute atomic E-state index is 12.5. The van der Waals surface area contributed by atoms with Gasteiger partial charge in [0.25, 0.3) is 5.91 Å². The highest BCUT2D eigenvalue weighted by Crippen LogP contribution is 2.41. The van der Waals surface area contributed by atoms with Crippen LogP contribution < -0.4 is 14.8 Å². The Hall–Kier alpha value is -3.32. The number of esters is 1. The van der Waals surface area contributed by atoms with E-state index in [2.05, 4.69) is 5.32 Å². The van der Waals surface area contributed by atoms with E-state index in [0.29, 0.717) is 33.2 Å². The van der Waals surface area contributed by atoms with E-state index in [0.717, 1.165) is 0 Å². The van der Waals surface area contributed by atoms with Crippen LogP contribution in [0.15, 0.2) is 53.9 Å². The summed E-state index contributed by atoms with van der Waals surface area (Å²) < 4.78 is 15.6. The molecule has 3 rings (SSSR count). The van der Waals surface area contributed by atoms with Crippen molar-refractivity contribution < 1.29 is 23.8 Å². The van der Waals surface area contributed by atoms with Crippen LogP contribution in [0.4, 0.5) is 5.00 Å². The van der Waals surface area contributed by atoms with Crippen molar-refractivity contribution in [2.75, 3.05) is 26.6 Å². The summed E-state index contributed by atoms with van der Waals surface area (Å²) in [5, 5.41) is 5.01. The molecule has 0 aliphatic rings. The lowest BCUT2D eigenvalue weighted by atomic mass is 10.0. The van der Waals surface area contributed by atoms with Crippen LogP contribution >= 0.6 is 11.3 Å². The molecule has 1 heterocycles. The number of carbonyl (C=O) groups excluding carboxylic acids is 2. The fourth-order valence-corrected chi connectivity index (χ4v) is 3.68. The van der Waals surface area contributed by atoms with Gasteiger partial charge in [0.15, 0.2) is 0 Å². The van der Waals surface area contributed by atoms with Gasteiger partial charge in [-0.2, -0.15) is 0 Å². The highest BCUT2D eigenvalue weighted by molar-refractivity contribution is 7.15. The molecule has 2 aromatic carbocycles. The smallest absolute Gasteiger partial charge is 0.341 e. The average Bonchev–Trinajstić information content (AvgIpc) is 3.16. The quantitative estimate of drug-likeness (QED) is 0.621. The van der Waals surface area contributed by atoms with Gasteiger partial charge < -0.3 is 19.5 Å². The first-order valence-corrected chi connectivity index (χ1v) is 9.25. The van der Waals surface area contributed by atoms with Crippen LogP contribution in [0.25, 0.3) is 11.1 Å². The van der Waals surface area contributed by atoms with Crippen LogP contribution in [0.1, 0.15) is 20.7 Å². The van der Waals surface area contributed by atoms with Crippen LogP contribution in [0.5, 0.6) is 11.5 Å². The van der Waals surface area contributed by atoms with Crippen LogP contribution in [-0.2, 0) is 4.74 Å². The lowest BCUT2D eigenvalue weighted by Crippen LogP contribution is -2.14. The number of rotatable bonds is 6. The summed E-state index contributed by atoms with van der Waals surface area (Å²) in [7, 11) is 4.41. The van der Waals surface area contributed by atoms with Crippen LogP contribution in [0.3, 0.4) is 0 Å².